The standard InChI is InChI=1S/C19H21N7O2/c1-24-9-10-25-15(19(24)28)11-14(22-25)18-21-17(12-16(20)27)23-26(18)8-7-13-5-3-2-4-6-13/h2-6,11H,7-10,12H2,1H3,(H2,20,27). The van der Waals surface area contributed by atoms with E-state index in [-0.39, 0.29) is 12.3 Å². The summed E-state index contributed by atoms with van der Waals surface area (Å²) in [5, 5.41) is 8.99. The first-order valence-electron chi connectivity index (χ1n) is 9.11. The molecule has 1 aliphatic heterocycles. The maximum atomic E-state index is 12.4. The number of fused-ring (bicyclic) bond motifs is 1. The normalized spacial score (nSPS) is 13.6. The van der Waals surface area contributed by atoms with E-state index >= 15 is 0 Å². The van der Waals surface area contributed by atoms with Gasteiger partial charge in [-0.3, -0.25) is 14.3 Å². The average Bonchev–Trinajstić information content (AvgIpc) is 3.28. The highest BCUT2D eigenvalue weighted by atomic mass is 16.2. The van der Waals surface area contributed by atoms with Gasteiger partial charge < -0.3 is 10.6 Å². The van der Waals surface area contributed by atoms with Gasteiger partial charge in [-0.15, -0.1) is 0 Å². The van der Waals surface area contributed by atoms with Gasteiger partial charge in [-0.2, -0.15) is 10.2 Å². The quantitative estimate of drug-likeness (QED) is 0.670. The van der Waals surface area contributed by atoms with Gasteiger partial charge >= 0.3 is 0 Å². The van der Waals surface area contributed by atoms with Crippen LogP contribution in [0.5, 0.6) is 0 Å². The lowest BCUT2D eigenvalue weighted by molar-refractivity contribution is -0.117. The lowest BCUT2D eigenvalue weighted by atomic mass is 10.1. The number of carbonyl (C=O) groups excluding carboxylic acids is 2. The minimum absolute atomic E-state index is 0.0411. The Morgan fingerprint density at radius 2 is 1.96 bits per heavy atom. The van der Waals surface area contributed by atoms with Crippen molar-refractivity contribution in [3.05, 3.63) is 53.5 Å². The highest BCUT2D eigenvalue weighted by molar-refractivity contribution is 5.94. The Balaban J connectivity index is 1.67. The van der Waals surface area contributed by atoms with Crippen molar-refractivity contribution < 1.29 is 9.59 Å². The van der Waals surface area contributed by atoms with Crippen LogP contribution in [0.2, 0.25) is 0 Å². The lowest BCUT2D eigenvalue weighted by Gasteiger charge is -2.22. The fraction of sp³-hybridized carbons (Fsp3) is 0.316. The van der Waals surface area contributed by atoms with E-state index in [2.05, 4.69) is 15.2 Å². The number of hydrogen-bond donors (Lipinski definition) is 1. The number of likely N-dealkylation sites (N-methyl/N-ethyl adjacent to an activating group) is 1. The van der Waals surface area contributed by atoms with Gasteiger partial charge in [0.2, 0.25) is 5.91 Å². The SMILES string of the molecule is CN1CCn2nc(-c3nc(CC(N)=O)nn3CCc3ccccc3)cc2C1=O. The summed E-state index contributed by atoms with van der Waals surface area (Å²) in [5.74, 6) is 0.319. The number of aryl methyl sites for hydroxylation is 2. The second-order valence-electron chi connectivity index (χ2n) is 6.82. The predicted molar refractivity (Wildman–Crippen MR) is 101 cm³/mol. The van der Waals surface area contributed by atoms with Crippen LogP contribution in [0.1, 0.15) is 21.9 Å². The number of carbonyl (C=O) groups is 2. The van der Waals surface area contributed by atoms with Crippen LogP contribution in [0, 0.1) is 0 Å². The van der Waals surface area contributed by atoms with Gasteiger partial charge in [-0.05, 0) is 12.0 Å². The number of nitrogens with zero attached hydrogens (tertiary/aromatic N) is 6. The smallest absolute Gasteiger partial charge is 0.271 e. The Bertz CT molecular complexity index is 1020. The molecule has 2 amide bonds. The van der Waals surface area contributed by atoms with E-state index in [1.165, 1.54) is 5.56 Å². The minimum Gasteiger partial charge on any atom is -0.369 e. The van der Waals surface area contributed by atoms with Crippen molar-refractivity contribution in [3.63, 3.8) is 0 Å². The van der Waals surface area contributed by atoms with Crippen LogP contribution in [-0.4, -0.2) is 54.9 Å². The van der Waals surface area contributed by atoms with Crippen molar-refractivity contribution in [3.8, 4) is 11.5 Å². The summed E-state index contributed by atoms with van der Waals surface area (Å²) in [6.45, 7) is 1.81. The number of primary amides is 1. The highest BCUT2D eigenvalue weighted by Gasteiger charge is 2.26. The third-order valence-electron chi connectivity index (χ3n) is 4.73. The number of hydrogen-bond acceptors (Lipinski definition) is 5. The molecule has 2 aromatic heterocycles. The fourth-order valence-corrected chi connectivity index (χ4v) is 3.26. The van der Waals surface area contributed by atoms with Crippen molar-refractivity contribution in [2.75, 3.05) is 13.6 Å². The molecular weight excluding hydrogens is 358 g/mol. The number of rotatable bonds is 6. The van der Waals surface area contributed by atoms with Crippen molar-refractivity contribution in [1.82, 2.24) is 29.4 Å². The summed E-state index contributed by atoms with van der Waals surface area (Å²) in [4.78, 5) is 29.8. The van der Waals surface area contributed by atoms with E-state index in [0.717, 1.165) is 6.42 Å². The van der Waals surface area contributed by atoms with Crippen LogP contribution in [0.25, 0.3) is 11.5 Å². The van der Waals surface area contributed by atoms with Gasteiger partial charge in [0.05, 0.1) is 13.0 Å². The van der Waals surface area contributed by atoms with Crippen molar-refractivity contribution in [1.29, 1.82) is 0 Å². The second-order valence-corrected chi connectivity index (χ2v) is 6.82. The van der Waals surface area contributed by atoms with Crippen molar-refractivity contribution >= 4 is 11.8 Å². The molecule has 3 heterocycles. The van der Waals surface area contributed by atoms with Gasteiger partial charge in [0.1, 0.15) is 11.4 Å². The third kappa shape index (κ3) is 3.51. The molecular formula is C19H21N7O2. The van der Waals surface area contributed by atoms with Crippen LogP contribution in [-0.2, 0) is 30.7 Å². The summed E-state index contributed by atoms with van der Waals surface area (Å²) in [5.41, 5.74) is 7.56. The molecule has 0 spiro atoms. The summed E-state index contributed by atoms with van der Waals surface area (Å²) in [7, 11) is 1.77. The highest BCUT2D eigenvalue weighted by Crippen LogP contribution is 2.21. The summed E-state index contributed by atoms with van der Waals surface area (Å²) in [6, 6.07) is 11.8. The average molecular weight is 379 g/mol. The molecule has 0 bridgehead atoms. The second kappa shape index (κ2) is 7.26. The van der Waals surface area contributed by atoms with Gasteiger partial charge in [0.25, 0.3) is 5.91 Å². The van der Waals surface area contributed by atoms with Crippen molar-refractivity contribution in [2.24, 2.45) is 5.73 Å². The number of benzene rings is 1. The van der Waals surface area contributed by atoms with Crippen LogP contribution in [0.15, 0.2) is 36.4 Å². The molecule has 0 atom stereocenters. The third-order valence-corrected chi connectivity index (χ3v) is 4.73. The fourth-order valence-electron chi connectivity index (χ4n) is 3.26. The zero-order valence-corrected chi connectivity index (χ0v) is 15.6. The van der Waals surface area contributed by atoms with Crippen LogP contribution < -0.4 is 5.73 Å². The first-order valence-corrected chi connectivity index (χ1v) is 9.11. The Hall–Kier alpha value is -3.49. The molecule has 3 aromatic rings. The molecule has 28 heavy (non-hydrogen) atoms. The Labute approximate surface area is 161 Å². The largest absolute Gasteiger partial charge is 0.369 e. The van der Waals surface area contributed by atoms with Crippen molar-refractivity contribution in [2.45, 2.75) is 25.9 Å². The zero-order valence-electron chi connectivity index (χ0n) is 15.6. The van der Waals surface area contributed by atoms with Gasteiger partial charge in [0, 0.05) is 26.2 Å². The molecule has 0 aliphatic carbocycles. The van der Waals surface area contributed by atoms with E-state index in [4.69, 9.17) is 5.73 Å². The maximum absolute atomic E-state index is 12.4. The molecule has 0 unspecified atom stereocenters. The number of aromatic nitrogens is 5. The van der Waals surface area contributed by atoms with Gasteiger partial charge in [-0.1, -0.05) is 30.3 Å². The zero-order chi connectivity index (χ0) is 19.7. The predicted octanol–water partition coefficient (Wildman–Crippen LogP) is 0.498. The Morgan fingerprint density at radius 1 is 1.18 bits per heavy atom. The van der Waals surface area contributed by atoms with Gasteiger partial charge in [-0.25, -0.2) is 9.67 Å². The monoisotopic (exact) mass is 379 g/mol. The van der Waals surface area contributed by atoms with Crippen LogP contribution >= 0.6 is 0 Å². The Morgan fingerprint density at radius 3 is 2.71 bits per heavy atom. The lowest BCUT2D eigenvalue weighted by Crippen LogP contribution is -2.37. The van der Waals surface area contributed by atoms with Crippen LogP contribution in [0.3, 0.4) is 0 Å². The van der Waals surface area contributed by atoms with E-state index < -0.39 is 5.91 Å². The molecule has 0 radical (unpaired) electrons. The topological polar surface area (TPSA) is 112 Å². The molecule has 2 N–H and O–H groups in total. The molecule has 1 aliphatic rings. The molecule has 0 saturated carbocycles. The summed E-state index contributed by atoms with van der Waals surface area (Å²) >= 11 is 0. The van der Waals surface area contributed by atoms with Gasteiger partial charge in [0.15, 0.2) is 11.6 Å². The molecule has 9 heteroatoms. The first kappa shape index (κ1) is 17.9. The molecule has 9 nitrogen and oxygen atoms in total. The molecule has 144 valence electrons. The molecule has 4 rings (SSSR count). The maximum Gasteiger partial charge on any atom is 0.271 e. The number of nitrogens with two attached hydrogens (primary N) is 1. The van der Waals surface area contributed by atoms with Crippen LogP contribution in [0.4, 0.5) is 0 Å². The van der Waals surface area contributed by atoms with E-state index in [1.807, 2.05) is 30.3 Å². The molecule has 0 fully saturated rings. The van der Waals surface area contributed by atoms with E-state index in [9.17, 15) is 9.59 Å². The Kier molecular flexibility index (Phi) is 4.64. The van der Waals surface area contributed by atoms with E-state index in [0.29, 0.717) is 42.7 Å². The first-order chi connectivity index (χ1) is 13.5. The van der Waals surface area contributed by atoms with E-state index in [1.54, 1.807) is 27.4 Å². The summed E-state index contributed by atoms with van der Waals surface area (Å²) in [6.07, 6.45) is 0.711. The minimum atomic E-state index is -0.493. The number of amides is 2. The summed E-state index contributed by atoms with van der Waals surface area (Å²) < 4.78 is 3.43. The molecule has 1 aromatic carbocycles. The molecule has 0 saturated heterocycles.